The lowest BCUT2D eigenvalue weighted by atomic mass is 10.0. The molecule has 1 aliphatic carbocycles. The molecule has 68 valence electrons. The minimum Gasteiger partial charge on any atom is -0.481 e. The number of carboxylic acid groups (broad SMARTS) is 1. The smallest absolute Gasteiger partial charge is 0.310 e. The van der Waals surface area contributed by atoms with Crippen LogP contribution in [-0.4, -0.2) is 11.1 Å². The van der Waals surface area contributed by atoms with Gasteiger partial charge in [0.15, 0.2) is 0 Å². The maximum atomic E-state index is 12.7. The molecule has 0 spiro atoms. The van der Waals surface area contributed by atoms with Crippen molar-refractivity contribution in [3.05, 3.63) is 35.1 Å². The van der Waals surface area contributed by atoms with Crippen LogP contribution in [-0.2, 0) is 11.2 Å². The molecule has 13 heavy (non-hydrogen) atoms. The Kier molecular flexibility index (Phi) is 1.79. The molecule has 0 bridgehead atoms. The summed E-state index contributed by atoms with van der Waals surface area (Å²) in [5.74, 6) is -1.54. The van der Waals surface area contributed by atoms with E-state index < -0.39 is 11.9 Å². The number of carboxylic acids is 1. The average molecular weight is 180 g/mol. The van der Waals surface area contributed by atoms with E-state index in [1.54, 1.807) is 6.07 Å². The summed E-state index contributed by atoms with van der Waals surface area (Å²) in [6, 6.07) is 4.33. The van der Waals surface area contributed by atoms with E-state index in [0.29, 0.717) is 12.8 Å². The molecule has 1 N–H and O–H groups in total. The second-order valence-electron chi connectivity index (χ2n) is 3.27. The summed E-state index contributed by atoms with van der Waals surface area (Å²) in [7, 11) is 0. The first-order valence-corrected chi connectivity index (χ1v) is 4.19. The summed E-state index contributed by atoms with van der Waals surface area (Å²) in [6.07, 6.45) is 1.26. The zero-order valence-electron chi connectivity index (χ0n) is 6.96. The van der Waals surface area contributed by atoms with Gasteiger partial charge in [-0.15, -0.1) is 0 Å². The highest BCUT2D eigenvalue weighted by Crippen LogP contribution is 2.33. The van der Waals surface area contributed by atoms with Gasteiger partial charge in [-0.1, -0.05) is 6.07 Å². The molecule has 1 aromatic rings. The van der Waals surface area contributed by atoms with Gasteiger partial charge in [0, 0.05) is 0 Å². The molecular formula is C10H9FO2. The van der Waals surface area contributed by atoms with E-state index in [4.69, 9.17) is 5.11 Å². The molecule has 0 aromatic heterocycles. The highest BCUT2D eigenvalue weighted by atomic mass is 19.1. The van der Waals surface area contributed by atoms with Crippen molar-refractivity contribution in [2.75, 3.05) is 0 Å². The molecule has 0 amide bonds. The van der Waals surface area contributed by atoms with Crippen molar-refractivity contribution in [2.24, 2.45) is 0 Å². The van der Waals surface area contributed by atoms with Crippen molar-refractivity contribution in [1.82, 2.24) is 0 Å². The quantitative estimate of drug-likeness (QED) is 0.717. The van der Waals surface area contributed by atoms with E-state index >= 15 is 0 Å². The van der Waals surface area contributed by atoms with Crippen molar-refractivity contribution in [3.63, 3.8) is 0 Å². The van der Waals surface area contributed by atoms with E-state index in [9.17, 15) is 9.18 Å². The lowest BCUT2D eigenvalue weighted by molar-refractivity contribution is -0.138. The Labute approximate surface area is 75.0 Å². The van der Waals surface area contributed by atoms with Crippen LogP contribution in [0.2, 0.25) is 0 Å². The van der Waals surface area contributed by atoms with Crippen LogP contribution in [0.4, 0.5) is 4.39 Å². The van der Waals surface area contributed by atoms with Crippen molar-refractivity contribution in [1.29, 1.82) is 0 Å². The third-order valence-corrected chi connectivity index (χ3v) is 2.48. The van der Waals surface area contributed by atoms with E-state index in [0.717, 1.165) is 11.1 Å². The van der Waals surface area contributed by atoms with Gasteiger partial charge in [0.2, 0.25) is 0 Å². The molecule has 1 aromatic carbocycles. The Hall–Kier alpha value is -1.38. The minimum atomic E-state index is -0.814. The van der Waals surface area contributed by atoms with E-state index in [1.165, 1.54) is 12.1 Å². The van der Waals surface area contributed by atoms with Crippen LogP contribution in [0.3, 0.4) is 0 Å². The molecule has 0 unspecified atom stereocenters. The fourth-order valence-corrected chi connectivity index (χ4v) is 1.84. The van der Waals surface area contributed by atoms with Gasteiger partial charge in [0.25, 0.3) is 0 Å². The van der Waals surface area contributed by atoms with Gasteiger partial charge >= 0.3 is 5.97 Å². The maximum Gasteiger partial charge on any atom is 0.310 e. The molecular weight excluding hydrogens is 171 g/mol. The highest BCUT2D eigenvalue weighted by molar-refractivity contribution is 5.77. The summed E-state index contributed by atoms with van der Waals surface area (Å²) in [6.45, 7) is 0. The molecule has 3 heteroatoms. The Morgan fingerprint density at radius 1 is 1.54 bits per heavy atom. The largest absolute Gasteiger partial charge is 0.481 e. The number of aliphatic carboxylic acids is 1. The fraction of sp³-hybridized carbons (Fsp3) is 0.300. The molecule has 2 rings (SSSR count). The first-order chi connectivity index (χ1) is 6.18. The number of fused-ring (bicyclic) bond motifs is 1. The average Bonchev–Trinajstić information content (AvgIpc) is 2.46. The van der Waals surface area contributed by atoms with Gasteiger partial charge in [0.1, 0.15) is 5.82 Å². The summed E-state index contributed by atoms with van der Waals surface area (Å²) >= 11 is 0. The Morgan fingerprint density at radius 3 is 3.00 bits per heavy atom. The van der Waals surface area contributed by atoms with Gasteiger partial charge in [-0.3, -0.25) is 4.79 Å². The fourth-order valence-electron chi connectivity index (χ4n) is 1.84. The highest BCUT2D eigenvalue weighted by Gasteiger charge is 2.28. The minimum absolute atomic E-state index is 0.287. The molecule has 0 saturated carbocycles. The molecule has 2 nitrogen and oxygen atoms in total. The normalized spacial score (nSPS) is 19.9. The monoisotopic (exact) mass is 180 g/mol. The van der Waals surface area contributed by atoms with Gasteiger partial charge in [-0.05, 0) is 36.1 Å². The van der Waals surface area contributed by atoms with Crippen molar-refractivity contribution >= 4 is 5.97 Å². The topological polar surface area (TPSA) is 37.3 Å². The van der Waals surface area contributed by atoms with Crippen LogP contribution in [0, 0.1) is 5.82 Å². The molecule has 0 fully saturated rings. The summed E-state index contributed by atoms with van der Waals surface area (Å²) in [4.78, 5) is 10.8. The number of hydrogen-bond acceptors (Lipinski definition) is 1. The van der Waals surface area contributed by atoms with E-state index in [1.807, 2.05) is 0 Å². The van der Waals surface area contributed by atoms with Gasteiger partial charge in [-0.2, -0.15) is 0 Å². The molecule has 0 aliphatic heterocycles. The number of aryl methyl sites for hydroxylation is 1. The predicted molar refractivity (Wildman–Crippen MR) is 45.1 cm³/mol. The zero-order chi connectivity index (χ0) is 9.42. The molecule has 0 saturated heterocycles. The number of halogens is 1. The Morgan fingerprint density at radius 2 is 2.31 bits per heavy atom. The van der Waals surface area contributed by atoms with Gasteiger partial charge < -0.3 is 5.11 Å². The first kappa shape index (κ1) is 8.23. The number of benzene rings is 1. The lowest BCUT2D eigenvalue weighted by Gasteiger charge is -2.04. The lowest BCUT2D eigenvalue weighted by Crippen LogP contribution is -2.07. The van der Waals surface area contributed by atoms with E-state index in [-0.39, 0.29) is 5.82 Å². The SMILES string of the molecule is O=C(O)[C@H]1CCc2cc(F)ccc21. The summed E-state index contributed by atoms with van der Waals surface area (Å²) < 4.78 is 12.7. The second-order valence-corrected chi connectivity index (χ2v) is 3.27. The van der Waals surface area contributed by atoms with Gasteiger partial charge in [0.05, 0.1) is 5.92 Å². The molecule has 0 radical (unpaired) electrons. The maximum absolute atomic E-state index is 12.7. The van der Waals surface area contributed by atoms with E-state index in [2.05, 4.69) is 0 Å². The third-order valence-electron chi connectivity index (χ3n) is 2.48. The Bertz CT molecular complexity index is 360. The van der Waals surface area contributed by atoms with Gasteiger partial charge in [-0.25, -0.2) is 4.39 Å². The van der Waals surface area contributed by atoms with Crippen LogP contribution in [0.15, 0.2) is 18.2 Å². The molecule has 1 aliphatic rings. The third kappa shape index (κ3) is 1.30. The number of rotatable bonds is 1. The number of carbonyl (C=O) groups is 1. The standard InChI is InChI=1S/C10H9FO2/c11-7-2-4-8-6(5-7)1-3-9(8)10(12)13/h2,4-5,9H,1,3H2,(H,12,13)/t9-/m0/s1. The summed E-state index contributed by atoms with van der Waals surface area (Å²) in [5.41, 5.74) is 1.61. The zero-order valence-corrected chi connectivity index (χ0v) is 6.96. The van der Waals surface area contributed by atoms with Crippen LogP contribution in [0.25, 0.3) is 0 Å². The molecule has 0 heterocycles. The van der Waals surface area contributed by atoms with Crippen LogP contribution >= 0.6 is 0 Å². The van der Waals surface area contributed by atoms with Crippen LogP contribution in [0.5, 0.6) is 0 Å². The predicted octanol–water partition coefficient (Wildman–Crippen LogP) is 1.94. The Balaban J connectivity index is 2.44. The van der Waals surface area contributed by atoms with Crippen molar-refractivity contribution < 1.29 is 14.3 Å². The van der Waals surface area contributed by atoms with Crippen molar-refractivity contribution in [3.8, 4) is 0 Å². The van der Waals surface area contributed by atoms with Crippen LogP contribution in [0.1, 0.15) is 23.5 Å². The number of hydrogen-bond donors (Lipinski definition) is 1. The summed E-state index contributed by atoms with van der Waals surface area (Å²) in [5, 5.41) is 8.84. The van der Waals surface area contributed by atoms with Crippen molar-refractivity contribution in [2.45, 2.75) is 18.8 Å². The second kappa shape index (κ2) is 2.83. The molecule has 1 atom stereocenters. The first-order valence-electron chi connectivity index (χ1n) is 4.19. The van der Waals surface area contributed by atoms with Crippen LogP contribution < -0.4 is 0 Å².